The number of hydrogen-bond acceptors (Lipinski definition) is 7. The minimum Gasteiger partial charge on any atom is -0.489 e. The topological polar surface area (TPSA) is 79.8 Å². The first kappa shape index (κ1) is 23.2. The minimum atomic E-state index is -0.393. The normalized spacial score (nSPS) is 21.2. The molecule has 3 heterocycles. The molecule has 0 saturated carbocycles. The van der Waals surface area contributed by atoms with Crippen molar-refractivity contribution in [1.82, 2.24) is 15.3 Å². The summed E-state index contributed by atoms with van der Waals surface area (Å²) in [5.41, 5.74) is 1.01. The number of carbonyl (C=O) groups excluding carboxylic acids is 1. The minimum absolute atomic E-state index is 0.0604. The second-order valence-corrected chi connectivity index (χ2v) is 8.91. The number of nitrogens with zero attached hydrogens (tertiary/aromatic N) is 4. The summed E-state index contributed by atoms with van der Waals surface area (Å²) in [5, 5.41) is 2.87. The van der Waals surface area contributed by atoms with Crippen molar-refractivity contribution in [2.45, 2.75) is 38.8 Å². The second-order valence-electron chi connectivity index (χ2n) is 8.91. The zero-order chi connectivity index (χ0) is 23.4. The summed E-state index contributed by atoms with van der Waals surface area (Å²) >= 11 is 0. The number of ether oxygens (including phenoxy) is 2. The number of amides is 1. The van der Waals surface area contributed by atoms with Crippen LogP contribution in [0, 0.1) is 11.7 Å². The summed E-state index contributed by atoms with van der Waals surface area (Å²) in [6.45, 7) is 6.84. The fourth-order valence-corrected chi connectivity index (χ4v) is 4.47. The van der Waals surface area contributed by atoms with Gasteiger partial charge in [-0.15, -0.1) is 0 Å². The summed E-state index contributed by atoms with van der Waals surface area (Å²) in [4.78, 5) is 23.4. The molecule has 2 aromatic rings. The maximum absolute atomic E-state index is 15.3. The number of anilines is 2. The van der Waals surface area contributed by atoms with Gasteiger partial charge in [-0.25, -0.2) is 9.97 Å². The van der Waals surface area contributed by atoms with Gasteiger partial charge in [-0.2, -0.15) is 4.39 Å². The average molecular weight is 458 g/mol. The largest absolute Gasteiger partial charge is 0.489 e. The highest BCUT2D eigenvalue weighted by Crippen LogP contribution is 2.29. The van der Waals surface area contributed by atoms with Crippen LogP contribution in [0.4, 0.5) is 16.0 Å². The van der Waals surface area contributed by atoms with Crippen molar-refractivity contribution >= 4 is 17.5 Å². The van der Waals surface area contributed by atoms with Gasteiger partial charge in [0.2, 0.25) is 11.7 Å². The fraction of sp³-hybridized carbons (Fsp3) is 0.542. The highest BCUT2D eigenvalue weighted by molar-refractivity contribution is 5.73. The molecule has 1 aromatic heterocycles. The predicted molar refractivity (Wildman–Crippen MR) is 124 cm³/mol. The van der Waals surface area contributed by atoms with Crippen molar-refractivity contribution in [1.29, 1.82) is 0 Å². The highest BCUT2D eigenvalue weighted by Gasteiger charge is 2.29. The van der Waals surface area contributed by atoms with E-state index in [2.05, 4.69) is 15.3 Å². The molecule has 4 rings (SSSR count). The van der Waals surface area contributed by atoms with Gasteiger partial charge in [0.05, 0.1) is 19.2 Å². The Bertz CT molecular complexity index is 952. The van der Waals surface area contributed by atoms with Crippen LogP contribution in [0.25, 0.3) is 0 Å². The summed E-state index contributed by atoms with van der Waals surface area (Å²) in [5.74, 6) is 1.33. The number of halogens is 1. The molecule has 0 radical (unpaired) electrons. The van der Waals surface area contributed by atoms with Gasteiger partial charge >= 0.3 is 0 Å². The molecule has 2 saturated heterocycles. The van der Waals surface area contributed by atoms with Crippen molar-refractivity contribution in [2.75, 3.05) is 49.7 Å². The molecule has 0 bridgehead atoms. The number of rotatable bonds is 8. The van der Waals surface area contributed by atoms with Crippen LogP contribution in [0.1, 0.15) is 38.3 Å². The molecule has 2 fully saturated rings. The van der Waals surface area contributed by atoms with E-state index in [1.807, 2.05) is 48.0 Å². The van der Waals surface area contributed by atoms with Gasteiger partial charge in [-0.3, -0.25) is 4.79 Å². The monoisotopic (exact) mass is 457 g/mol. The van der Waals surface area contributed by atoms with Crippen molar-refractivity contribution in [2.24, 2.45) is 5.92 Å². The molecular weight excluding hydrogens is 425 g/mol. The van der Waals surface area contributed by atoms with E-state index < -0.39 is 5.82 Å². The molecule has 0 spiro atoms. The van der Waals surface area contributed by atoms with Crippen LogP contribution in [0.3, 0.4) is 0 Å². The third-order valence-electron chi connectivity index (χ3n) is 6.22. The molecule has 1 N–H and O–H groups in total. The van der Waals surface area contributed by atoms with E-state index >= 15 is 4.39 Å². The SMILES string of the molecule is CC(=O)N[C@@H](C)c1ccc(O[C@@H]2CCN(c3ncnc(N(C)CC4CCOC4)c3F)C2)cc1. The quantitative estimate of drug-likeness (QED) is 0.653. The van der Waals surface area contributed by atoms with Gasteiger partial charge in [0.15, 0.2) is 11.6 Å². The Morgan fingerprint density at radius 2 is 2.12 bits per heavy atom. The van der Waals surface area contributed by atoms with Crippen LogP contribution >= 0.6 is 0 Å². The molecule has 178 valence electrons. The van der Waals surface area contributed by atoms with Gasteiger partial charge in [0, 0.05) is 46.0 Å². The van der Waals surface area contributed by atoms with Crippen molar-refractivity contribution in [3.63, 3.8) is 0 Å². The number of hydrogen-bond donors (Lipinski definition) is 1. The molecule has 8 nitrogen and oxygen atoms in total. The average Bonchev–Trinajstić information content (AvgIpc) is 3.46. The summed E-state index contributed by atoms with van der Waals surface area (Å²) in [6.07, 6.45) is 3.13. The lowest BCUT2D eigenvalue weighted by atomic mass is 10.1. The van der Waals surface area contributed by atoms with E-state index in [0.717, 1.165) is 30.8 Å². The number of benzene rings is 1. The molecule has 0 aliphatic carbocycles. The van der Waals surface area contributed by atoms with Gasteiger partial charge in [0.1, 0.15) is 18.2 Å². The van der Waals surface area contributed by atoms with E-state index in [4.69, 9.17) is 9.47 Å². The van der Waals surface area contributed by atoms with Crippen molar-refractivity contribution in [3.05, 3.63) is 42.0 Å². The molecule has 2 aliphatic rings. The second kappa shape index (κ2) is 10.3. The fourth-order valence-electron chi connectivity index (χ4n) is 4.47. The molecular formula is C24H32FN5O3. The third kappa shape index (κ3) is 5.71. The predicted octanol–water partition coefficient (Wildman–Crippen LogP) is 2.94. The molecule has 1 unspecified atom stereocenters. The Balaban J connectivity index is 1.36. The van der Waals surface area contributed by atoms with Crippen molar-refractivity contribution < 1.29 is 18.7 Å². The molecule has 3 atom stereocenters. The molecule has 1 amide bonds. The van der Waals surface area contributed by atoms with Crippen LogP contribution in [0.2, 0.25) is 0 Å². The zero-order valence-corrected chi connectivity index (χ0v) is 19.5. The van der Waals surface area contributed by atoms with E-state index in [0.29, 0.717) is 43.8 Å². The van der Waals surface area contributed by atoms with Crippen LogP contribution < -0.4 is 19.9 Å². The summed E-state index contributed by atoms with van der Waals surface area (Å²) in [6, 6.07) is 7.64. The number of carbonyl (C=O) groups is 1. The first-order chi connectivity index (χ1) is 15.9. The maximum Gasteiger partial charge on any atom is 0.217 e. The Hall–Kier alpha value is -2.94. The van der Waals surface area contributed by atoms with Crippen molar-refractivity contribution in [3.8, 4) is 5.75 Å². The lowest BCUT2D eigenvalue weighted by molar-refractivity contribution is -0.119. The van der Waals surface area contributed by atoms with Crippen LogP contribution in [-0.2, 0) is 9.53 Å². The third-order valence-corrected chi connectivity index (χ3v) is 6.22. The summed E-state index contributed by atoms with van der Waals surface area (Å²) in [7, 11) is 1.86. The van der Waals surface area contributed by atoms with E-state index in [1.54, 1.807) is 0 Å². The van der Waals surface area contributed by atoms with Gasteiger partial charge in [-0.05, 0) is 31.0 Å². The Morgan fingerprint density at radius 3 is 2.82 bits per heavy atom. The first-order valence-corrected chi connectivity index (χ1v) is 11.5. The molecule has 33 heavy (non-hydrogen) atoms. The smallest absolute Gasteiger partial charge is 0.217 e. The Labute approximate surface area is 194 Å². The van der Waals surface area contributed by atoms with Crippen LogP contribution in [-0.4, -0.2) is 61.9 Å². The zero-order valence-electron chi connectivity index (χ0n) is 19.5. The lowest BCUT2D eigenvalue weighted by Crippen LogP contribution is -2.30. The van der Waals surface area contributed by atoms with Gasteiger partial charge < -0.3 is 24.6 Å². The Morgan fingerprint density at radius 1 is 1.33 bits per heavy atom. The Kier molecular flexibility index (Phi) is 7.27. The van der Waals surface area contributed by atoms with E-state index in [9.17, 15) is 4.79 Å². The number of nitrogens with one attached hydrogen (secondary N) is 1. The summed E-state index contributed by atoms with van der Waals surface area (Å²) < 4.78 is 26.9. The van der Waals surface area contributed by atoms with E-state index in [1.165, 1.54) is 13.3 Å². The molecule has 9 heteroatoms. The molecule has 2 aliphatic heterocycles. The highest BCUT2D eigenvalue weighted by atomic mass is 19.1. The van der Waals surface area contributed by atoms with Crippen LogP contribution in [0.15, 0.2) is 30.6 Å². The standard InChI is InChI=1S/C24H32FN5O3/c1-16(28-17(2)31)19-4-6-20(7-5-19)33-21-8-10-30(13-21)24-22(25)23(26-15-27-24)29(3)12-18-9-11-32-14-18/h4-7,15-16,18,21H,8-14H2,1-3H3,(H,28,31)/t16-,18?,21+/m0/s1. The number of aromatic nitrogens is 2. The van der Waals surface area contributed by atoms with Crippen LogP contribution in [0.5, 0.6) is 5.75 Å². The molecule has 1 aromatic carbocycles. The van der Waals surface area contributed by atoms with Gasteiger partial charge in [0.25, 0.3) is 0 Å². The lowest BCUT2D eigenvalue weighted by Gasteiger charge is -2.24. The van der Waals surface area contributed by atoms with Gasteiger partial charge in [-0.1, -0.05) is 12.1 Å². The maximum atomic E-state index is 15.3. The first-order valence-electron chi connectivity index (χ1n) is 11.5. The van der Waals surface area contributed by atoms with E-state index in [-0.39, 0.29) is 18.1 Å².